The summed E-state index contributed by atoms with van der Waals surface area (Å²) in [6, 6.07) is 7.05. The SMILES string of the molecule is CC1(O)CCCN(C(=O)CNC(=O)c2ccccc2Br)C1. The van der Waals surface area contributed by atoms with Gasteiger partial charge in [0.05, 0.1) is 17.7 Å². The van der Waals surface area contributed by atoms with Crippen LogP contribution >= 0.6 is 15.9 Å². The lowest BCUT2D eigenvalue weighted by Crippen LogP contribution is -2.51. The molecule has 5 nitrogen and oxygen atoms in total. The number of rotatable bonds is 3. The van der Waals surface area contributed by atoms with Gasteiger partial charge in [-0.1, -0.05) is 12.1 Å². The normalized spacial score (nSPS) is 22.0. The second-order valence-electron chi connectivity index (χ2n) is 5.58. The van der Waals surface area contributed by atoms with Gasteiger partial charge in [0.15, 0.2) is 0 Å². The zero-order valence-corrected chi connectivity index (χ0v) is 13.5. The maximum Gasteiger partial charge on any atom is 0.252 e. The Labute approximate surface area is 132 Å². The number of benzene rings is 1. The Morgan fingerprint density at radius 2 is 2.14 bits per heavy atom. The molecule has 1 aromatic carbocycles. The molecule has 1 unspecified atom stereocenters. The van der Waals surface area contributed by atoms with Crippen LogP contribution in [0.1, 0.15) is 30.1 Å². The number of nitrogens with one attached hydrogen (secondary N) is 1. The van der Waals surface area contributed by atoms with E-state index < -0.39 is 5.60 Å². The molecule has 0 radical (unpaired) electrons. The van der Waals surface area contributed by atoms with E-state index in [1.54, 1.807) is 30.0 Å². The molecule has 1 heterocycles. The molecule has 1 atom stereocenters. The van der Waals surface area contributed by atoms with Gasteiger partial charge in [-0.3, -0.25) is 9.59 Å². The van der Waals surface area contributed by atoms with Gasteiger partial charge < -0.3 is 15.3 Å². The van der Waals surface area contributed by atoms with E-state index in [0.717, 1.165) is 6.42 Å². The van der Waals surface area contributed by atoms with Crippen LogP contribution in [-0.2, 0) is 4.79 Å². The summed E-state index contributed by atoms with van der Waals surface area (Å²) in [6.45, 7) is 2.61. The van der Waals surface area contributed by atoms with Crippen LogP contribution in [0.4, 0.5) is 0 Å². The second kappa shape index (κ2) is 6.58. The molecule has 2 rings (SSSR count). The molecule has 114 valence electrons. The molecule has 0 spiro atoms. The molecule has 1 fully saturated rings. The number of hydrogen-bond donors (Lipinski definition) is 2. The molecule has 0 aliphatic carbocycles. The number of piperidine rings is 1. The van der Waals surface area contributed by atoms with Crippen molar-refractivity contribution in [3.8, 4) is 0 Å². The number of carbonyl (C=O) groups excluding carboxylic acids is 2. The fourth-order valence-corrected chi connectivity index (χ4v) is 2.91. The first kappa shape index (κ1) is 16.0. The summed E-state index contributed by atoms with van der Waals surface area (Å²) in [5, 5.41) is 12.6. The smallest absolute Gasteiger partial charge is 0.252 e. The molecule has 0 bridgehead atoms. The standard InChI is InChI=1S/C15H19BrN2O3/c1-15(21)7-4-8-18(10-15)13(19)9-17-14(20)11-5-2-3-6-12(11)16/h2-3,5-6,21H,4,7-10H2,1H3,(H,17,20). The fourth-order valence-electron chi connectivity index (χ4n) is 2.44. The van der Waals surface area contributed by atoms with E-state index in [2.05, 4.69) is 21.2 Å². The summed E-state index contributed by atoms with van der Waals surface area (Å²) in [4.78, 5) is 25.7. The highest BCUT2D eigenvalue weighted by Crippen LogP contribution is 2.20. The van der Waals surface area contributed by atoms with E-state index in [4.69, 9.17) is 0 Å². The third-order valence-corrected chi connectivity index (χ3v) is 4.24. The van der Waals surface area contributed by atoms with Crippen LogP contribution in [0.15, 0.2) is 28.7 Å². The lowest BCUT2D eigenvalue weighted by Gasteiger charge is -2.36. The van der Waals surface area contributed by atoms with E-state index in [-0.39, 0.29) is 18.4 Å². The molecule has 1 aliphatic rings. The van der Waals surface area contributed by atoms with E-state index >= 15 is 0 Å². The van der Waals surface area contributed by atoms with Crippen LogP contribution in [0.3, 0.4) is 0 Å². The molecular formula is C15H19BrN2O3. The summed E-state index contributed by atoms with van der Waals surface area (Å²) >= 11 is 3.31. The van der Waals surface area contributed by atoms with Gasteiger partial charge in [0.1, 0.15) is 0 Å². The van der Waals surface area contributed by atoms with Crippen LogP contribution in [-0.4, -0.2) is 47.1 Å². The highest BCUT2D eigenvalue weighted by molar-refractivity contribution is 9.10. The van der Waals surface area contributed by atoms with Crippen molar-refractivity contribution in [3.05, 3.63) is 34.3 Å². The average molecular weight is 355 g/mol. The predicted molar refractivity (Wildman–Crippen MR) is 82.9 cm³/mol. The molecule has 0 aromatic heterocycles. The molecule has 1 aliphatic heterocycles. The van der Waals surface area contributed by atoms with Gasteiger partial charge in [-0.2, -0.15) is 0 Å². The van der Waals surface area contributed by atoms with Crippen molar-refractivity contribution in [2.24, 2.45) is 0 Å². The predicted octanol–water partition coefficient (Wildman–Crippen LogP) is 1.55. The Morgan fingerprint density at radius 1 is 1.43 bits per heavy atom. The van der Waals surface area contributed by atoms with Crippen molar-refractivity contribution in [3.63, 3.8) is 0 Å². The first-order valence-electron chi connectivity index (χ1n) is 6.92. The van der Waals surface area contributed by atoms with Crippen LogP contribution in [0.5, 0.6) is 0 Å². The van der Waals surface area contributed by atoms with Crippen LogP contribution < -0.4 is 5.32 Å². The Hall–Kier alpha value is -1.40. The maximum atomic E-state index is 12.1. The van der Waals surface area contributed by atoms with Crippen molar-refractivity contribution in [2.75, 3.05) is 19.6 Å². The first-order valence-corrected chi connectivity index (χ1v) is 7.71. The lowest BCUT2D eigenvalue weighted by atomic mass is 9.95. The topological polar surface area (TPSA) is 69.6 Å². The summed E-state index contributed by atoms with van der Waals surface area (Å²) in [5.41, 5.74) is -0.337. The molecule has 1 saturated heterocycles. The number of amides is 2. The number of aliphatic hydroxyl groups is 1. The zero-order chi connectivity index (χ0) is 15.5. The Bertz CT molecular complexity index is 545. The maximum absolute atomic E-state index is 12.1. The number of hydrogen-bond acceptors (Lipinski definition) is 3. The molecule has 0 saturated carbocycles. The minimum absolute atomic E-state index is 0.0593. The Kier molecular flexibility index (Phi) is 5.00. The molecule has 6 heteroatoms. The Morgan fingerprint density at radius 3 is 2.81 bits per heavy atom. The first-order chi connectivity index (χ1) is 9.89. The van der Waals surface area contributed by atoms with Gasteiger partial charge in [-0.15, -0.1) is 0 Å². The van der Waals surface area contributed by atoms with Gasteiger partial charge in [-0.05, 0) is 47.8 Å². The zero-order valence-electron chi connectivity index (χ0n) is 11.9. The largest absolute Gasteiger partial charge is 0.388 e. The van der Waals surface area contributed by atoms with Crippen molar-refractivity contribution in [1.29, 1.82) is 0 Å². The molecule has 2 amide bonds. The number of halogens is 1. The fraction of sp³-hybridized carbons (Fsp3) is 0.467. The van der Waals surface area contributed by atoms with Crippen molar-refractivity contribution in [2.45, 2.75) is 25.4 Å². The van der Waals surface area contributed by atoms with Gasteiger partial charge in [-0.25, -0.2) is 0 Å². The quantitative estimate of drug-likeness (QED) is 0.865. The van der Waals surface area contributed by atoms with Crippen LogP contribution in [0.25, 0.3) is 0 Å². The number of nitrogens with zero attached hydrogens (tertiary/aromatic N) is 1. The third-order valence-electron chi connectivity index (χ3n) is 3.55. The third kappa shape index (κ3) is 4.28. The van der Waals surface area contributed by atoms with Crippen LogP contribution in [0, 0.1) is 0 Å². The highest BCUT2D eigenvalue weighted by Gasteiger charge is 2.30. The van der Waals surface area contributed by atoms with Gasteiger partial charge in [0, 0.05) is 17.6 Å². The summed E-state index contributed by atoms with van der Waals surface area (Å²) < 4.78 is 0.691. The van der Waals surface area contributed by atoms with Gasteiger partial charge in [0.25, 0.3) is 5.91 Å². The average Bonchev–Trinajstić information content (AvgIpc) is 2.43. The summed E-state index contributed by atoms with van der Waals surface area (Å²) in [7, 11) is 0. The summed E-state index contributed by atoms with van der Waals surface area (Å²) in [5.74, 6) is -0.463. The molecule has 2 N–H and O–H groups in total. The van der Waals surface area contributed by atoms with E-state index in [1.807, 2.05) is 6.07 Å². The minimum atomic E-state index is -0.833. The van der Waals surface area contributed by atoms with Crippen molar-refractivity contribution < 1.29 is 14.7 Å². The Balaban J connectivity index is 1.89. The molecule has 21 heavy (non-hydrogen) atoms. The van der Waals surface area contributed by atoms with Crippen molar-refractivity contribution >= 4 is 27.7 Å². The monoisotopic (exact) mass is 354 g/mol. The van der Waals surface area contributed by atoms with Gasteiger partial charge >= 0.3 is 0 Å². The number of likely N-dealkylation sites (tertiary alicyclic amines) is 1. The summed E-state index contributed by atoms with van der Waals surface area (Å²) in [6.07, 6.45) is 1.47. The highest BCUT2D eigenvalue weighted by atomic mass is 79.9. The minimum Gasteiger partial charge on any atom is -0.388 e. The second-order valence-corrected chi connectivity index (χ2v) is 6.43. The molecular weight excluding hydrogens is 336 g/mol. The number of β-amino-alcohol motifs (C(OH)–C–C–N with tert-alkyl or cyclic N) is 1. The van der Waals surface area contributed by atoms with Crippen molar-refractivity contribution in [1.82, 2.24) is 10.2 Å². The van der Waals surface area contributed by atoms with Gasteiger partial charge in [0.2, 0.25) is 5.91 Å². The lowest BCUT2D eigenvalue weighted by molar-refractivity contribution is -0.136. The molecule has 1 aromatic rings. The number of carbonyl (C=O) groups is 2. The van der Waals surface area contributed by atoms with Crippen LogP contribution in [0.2, 0.25) is 0 Å². The van der Waals surface area contributed by atoms with E-state index in [0.29, 0.717) is 29.5 Å². The van der Waals surface area contributed by atoms with E-state index in [9.17, 15) is 14.7 Å². The van der Waals surface area contributed by atoms with E-state index in [1.165, 1.54) is 0 Å².